The average Bonchev–Trinajstić information content (AvgIpc) is 2.43. The molecule has 1 rings (SSSR count). The number of imide groups is 1. The molecule has 0 aromatic carbocycles. The third-order valence-corrected chi connectivity index (χ3v) is 3.55. The minimum absolute atomic E-state index is 0.249. The van der Waals surface area contributed by atoms with Crippen LogP contribution in [-0.4, -0.2) is 42.7 Å². The Morgan fingerprint density at radius 2 is 2.00 bits per heavy atom. The molecule has 1 fully saturated rings. The van der Waals surface area contributed by atoms with E-state index in [1.54, 1.807) is 20.8 Å². The SMILES string of the molecule is C=S(=O)(O)C1CC(=O)N(OC(=O)C(C)(C)C)C1=O. The molecule has 102 valence electrons. The number of carbonyl (C=O) groups is 3. The Morgan fingerprint density at radius 1 is 1.50 bits per heavy atom. The van der Waals surface area contributed by atoms with Crippen LogP contribution in [0, 0.1) is 5.41 Å². The molecular formula is C10H15NO6S. The number of amides is 2. The molecular weight excluding hydrogens is 262 g/mol. The molecule has 2 amide bonds. The summed E-state index contributed by atoms with van der Waals surface area (Å²) in [7, 11) is -3.69. The molecule has 0 saturated carbocycles. The van der Waals surface area contributed by atoms with E-state index in [1.165, 1.54) is 0 Å². The van der Waals surface area contributed by atoms with Crippen LogP contribution in [0.2, 0.25) is 0 Å². The van der Waals surface area contributed by atoms with Gasteiger partial charge < -0.3 is 9.39 Å². The van der Waals surface area contributed by atoms with Gasteiger partial charge in [-0.3, -0.25) is 9.59 Å². The molecule has 0 aliphatic carbocycles. The summed E-state index contributed by atoms with van der Waals surface area (Å²) in [5.41, 5.74) is -0.899. The maximum Gasteiger partial charge on any atom is 0.338 e. The van der Waals surface area contributed by atoms with E-state index in [2.05, 4.69) is 10.7 Å². The van der Waals surface area contributed by atoms with Crippen molar-refractivity contribution >= 4 is 33.5 Å². The fourth-order valence-electron chi connectivity index (χ4n) is 1.19. The fraction of sp³-hybridized carbons (Fsp3) is 0.600. The van der Waals surface area contributed by atoms with Gasteiger partial charge in [-0.05, 0) is 26.6 Å². The predicted octanol–water partition coefficient (Wildman–Crippen LogP) is -0.192. The molecule has 0 aromatic heterocycles. The van der Waals surface area contributed by atoms with Gasteiger partial charge in [0, 0.05) is 0 Å². The lowest BCUT2D eigenvalue weighted by Gasteiger charge is -2.20. The van der Waals surface area contributed by atoms with Crippen molar-refractivity contribution < 1.29 is 28.0 Å². The highest BCUT2D eigenvalue weighted by Crippen LogP contribution is 2.23. The van der Waals surface area contributed by atoms with Gasteiger partial charge in [-0.1, -0.05) is 0 Å². The summed E-state index contributed by atoms with van der Waals surface area (Å²) >= 11 is 0. The van der Waals surface area contributed by atoms with Crippen molar-refractivity contribution in [1.82, 2.24) is 5.06 Å². The smallest absolute Gasteiger partial charge is 0.330 e. The maximum atomic E-state index is 11.7. The second kappa shape index (κ2) is 4.36. The Bertz CT molecular complexity index is 501. The molecule has 0 bridgehead atoms. The number of rotatable bonds is 2. The van der Waals surface area contributed by atoms with E-state index in [4.69, 9.17) is 0 Å². The topological polar surface area (TPSA) is 101 Å². The van der Waals surface area contributed by atoms with Crippen LogP contribution in [0.4, 0.5) is 0 Å². The lowest BCUT2D eigenvalue weighted by atomic mass is 9.98. The summed E-state index contributed by atoms with van der Waals surface area (Å²) in [6.45, 7) is 4.65. The molecule has 2 unspecified atom stereocenters. The van der Waals surface area contributed by atoms with Crippen molar-refractivity contribution in [2.75, 3.05) is 0 Å². The molecule has 2 atom stereocenters. The third kappa shape index (κ3) is 2.88. The van der Waals surface area contributed by atoms with Gasteiger partial charge in [0.2, 0.25) is 0 Å². The minimum Gasteiger partial charge on any atom is -0.330 e. The van der Waals surface area contributed by atoms with Crippen LogP contribution in [0.15, 0.2) is 0 Å². The van der Waals surface area contributed by atoms with Crippen molar-refractivity contribution in [2.45, 2.75) is 32.4 Å². The zero-order valence-electron chi connectivity index (χ0n) is 10.3. The van der Waals surface area contributed by atoms with E-state index < -0.39 is 44.7 Å². The highest BCUT2D eigenvalue weighted by atomic mass is 32.2. The molecule has 18 heavy (non-hydrogen) atoms. The quantitative estimate of drug-likeness (QED) is 0.554. The second-order valence-electron chi connectivity index (χ2n) is 5.04. The first-order valence-electron chi connectivity index (χ1n) is 5.12. The number of carbonyl (C=O) groups excluding carboxylic acids is 3. The van der Waals surface area contributed by atoms with Gasteiger partial charge in [-0.2, -0.15) is 0 Å². The molecule has 1 N–H and O–H groups in total. The minimum atomic E-state index is -3.69. The normalized spacial score (nSPS) is 24.0. The van der Waals surface area contributed by atoms with Crippen LogP contribution >= 0.6 is 0 Å². The monoisotopic (exact) mass is 277 g/mol. The Morgan fingerprint density at radius 3 is 2.33 bits per heavy atom. The van der Waals surface area contributed by atoms with Crippen LogP contribution in [0.3, 0.4) is 0 Å². The Labute approximate surface area is 105 Å². The second-order valence-corrected chi connectivity index (χ2v) is 6.99. The van der Waals surface area contributed by atoms with Crippen molar-refractivity contribution in [1.29, 1.82) is 0 Å². The number of hydroxylamine groups is 2. The highest BCUT2D eigenvalue weighted by Gasteiger charge is 2.46. The van der Waals surface area contributed by atoms with Gasteiger partial charge in [-0.25, -0.2) is 9.00 Å². The lowest BCUT2D eigenvalue weighted by Crippen LogP contribution is -2.39. The average molecular weight is 277 g/mol. The van der Waals surface area contributed by atoms with Crippen molar-refractivity contribution in [3.05, 3.63) is 0 Å². The Balaban J connectivity index is 2.91. The molecule has 0 radical (unpaired) electrons. The van der Waals surface area contributed by atoms with E-state index in [9.17, 15) is 23.1 Å². The van der Waals surface area contributed by atoms with Crippen LogP contribution in [-0.2, 0) is 29.0 Å². The summed E-state index contributed by atoms with van der Waals surface area (Å²) < 4.78 is 20.5. The van der Waals surface area contributed by atoms with Crippen molar-refractivity contribution in [2.24, 2.45) is 5.41 Å². The zero-order valence-corrected chi connectivity index (χ0v) is 11.2. The molecule has 0 spiro atoms. The standard InChI is InChI=1S/C10H15NO6S/c1-10(2,3)9(14)17-11-7(12)5-6(8(11)13)18(4,15)16/h6H,4-5H2,1-3H3,(H,15,16). The van der Waals surface area contributed by atoms with E-state index >= 15 is 0 Å². The van der Waals surface area contributed by atoms with Crippen molar-refractivity contribution in [3.8, 4) is 0 Å². The van der Waals surface area contributed by atoms with Gasteiger partial charge >= 0.3 is 5.97 Å². The molecule has 1 heterocycles. The molecule has 0 aromatic rings. The zero-order chi connectivity index (χ0) is 14.3. The fourth-order valence-corrected chi connectivity index (χ4v) is 2.00. The van der Waals surface area contributed by atoms with Gasteiger partial charge in [-0.15, -0.1) is 5.06 Å². The van der Waals surface area contributed by atoms with Crippen molar-refractivity contribution in [3.63, 3.8) is 0 Å². The predicted molar refractivity (Wildman–Crippen MR) is 63.7 cm³/mol. The molecule has 1 aliphatic heterocycles. The molecule has 1 saturated heterocycles. The first-order chi connectivity index (χ1) is 7.94. The van der Waals surface area contributed by atoms with Gasteiger partial charge in [0.1, 0.15) is 5.25 Å². The summed E-state index contributed by atoms with van der Waals surface area (Å²) in [6, 6.07) is 0. The number of hydrogen-bond acceptors (Lipinski definition) is 5. The van der Waals surface area contributed by atoms with E-state index in [1.807, 2.05) is 0 Å². The maximum absolute atomic E-state index is 11.7. The molecule has 1 aliphatic rings. The summed E-state index contributed by atoms with van der Waals surface area (Å²) in [6.07, 6.45) is -0.491. The lowest BCUT2D eigenvalue weighted by molar-refractivity contribution is -0.203. The van der Waals surface area contributed by atoms with E-state index in [0.717, 1.165) is 0 Å². The van der Waals surface area contributed by atoms with Crippen LogP contribution in [0.5, 0.6) is 0 Å². The Hall–Kier alpha value is -1.41. The van der Waals surface area contributed by atoms with Crippen LogP contribution < -0.4 is 0 Å². The van der Waals surface area contributed by atoms with E-state index in [0.29, 0.717) is 0 Å². The first kappa shape index (κ1) is 14.7. The number of nitrogens with zero attached hydrogens (tertiary/aromatic N) is 1. The largest absolute Gasteiger partial charge is 0.338 e. The van der Waals surface area contributed by atoms with Crippen LogP contribution in [0.1, 0.15) is 27.2 Å². The number of hydrogen-bond donors (Lipinski definition) is 1. The summed E-state index contributed by atoms with van der Waals surface area (Å²) in [5.74, 6) is 0.324. The van der Waals surface area contributed by atoms with E-state index in [-0.39, 0.29) is 5.06 Å². The van der Waals surface area contributed by atoms with Crippen LogP contribution in [0.25, 0.3) is 0 Å². The van der Waals surface area contributed by atoms with Gasteiger partial charge in [0.05, 0.1) is 21.6 Å². The summed E-state index contributed by atoms with van der Waals surface area (Å²) in [5, 5.41) is -1.21. The Kier molecular flexibility index (Phi) is 3.55. The first-order valence-corrected chi connectivity index (χ1v) is 6.87. The van der Waals surface area contributed by atoms with Gasteiger partial charge in [0.15, 0.2) is 0 Å². The van der Waals surface area contributed by atoms with Gasteiger partial charge in [0.25, 0.3) is 11.8 Å². The highest BCUT2D eigenvalue weighted by molar-refractivity contribution is 7.96. The molecule has 7 nitrogen and oxygen atoms in total. The third-order valence-electron chi connectivity index (χ3n) is 2.29. The molecule has 8 heteroatoms. The summed E-state index contributed by atoms with van der Waals surface area (Å²) in [4.78, 5) is 39.3.